The van der Waals surface area contributed by atoms with Crippen molar-refractivity contribution in [2.45, 2.75) is 38.8 Å². The maximum Gasteiger partial charge on any atom is 0.416 e. The van der Waals surface area contributed by atoms with Gasteiger partial charge in [-0.05, 0) is 37.6 Å². The van der Waals surface area contributed by atoms with Crippen LogP contribution in [0.15, 0.2) is 18.2 Å². The van der Waals surface area contributed by atoms with Gasteiger partial charge in [0.15, 0.2) is 0 Å². The molecular formula is C13H16F6N2. The molecule has 0 aliphatic rings. The Morgan fingerprint density at radius 3 is 2.05 bits per heavy atom. The summed E-state index contributed by atoms with van der Waals surface area (Å²) in [7, 11) is 0. The predicted molar refractivity (Wildman–Crippen MR) is 67.9 cm³/mol. The summed E-state index contributed by atoms with van der Waals surface area (Å²) in [5.74, 6) is 0. The Kier molecular flexibility index (Phi) is 5.14. The number of benzene rings is 1. The van der Waals surface area contributed by atoms with Crippen molar-refractivity contribution in [3.05, 3.63) is 29.3 Å². The van der Waals surface area contributed by atoms with Crippen LogP contribution in [0.25, 0.3) is 0 Å². The molecule has 0 heterocycles. The Hall–Kier alpha value is -1.44. The molecule has 8 heteroatoms. The highest BCUT2D eigenvalue weighted by Gasteiger charge is 2.34. The van der Waals surface area contributed by atoms with Crippen molar-refractivity contribution >= 4 is 5.69 Å². The zero-order valence-corrected chi connectivity index (χ0v) is 11.5. The van der Waals surface area contributed by atoms with E-state index in [1.54, 1.807) is 0 Å². The molecule has 21 heavy (non-hydrogen) atoms. The highest BCUT2D eigenvalue weighted by atomic mass is 19.4. The van der Waals surface area contributed by atoms with Crippen LogP contribution in [-0.4, -0.2) is 18.8 Å². The fourth-order valence-electron chi connectivity index (χ4n) is 1.94. The molecule has 2 nitrogen and oxygen atoms in total. The topological polar surface area (TPSA) is 29.3 Å². The summed E-state index contributed by atoms with van der Waals surface area (Å²) in [5, 5.41) is 0. The van der Waals surface area contributed by atoms with Gasteiger partial charge in [-0.15, -0.1) is 0 Å². The quantitative estimate of drug-likeness (QED) is 0.853. The lowest BCUT2D eigenvalue weighted by Gasteiger charge is -2.32. The first-order valence-corrected chi connectivity index (χ1v) is 6.19. The van der Waals surface area contributed by atoms with Crippen molar-refractivity contribution in [2.24, 2.45) is 5.73 Å². The first kappa shape index (κ1) is 17.6. The van der Waals surface area contributed by atoms with Gasteiger partial charge in [0.1, 0.15) is 6.54 Å². The summed E-state index contributed by atoms with van der Waals surface area (Å²) in [4.78, 5) is 0.988. The largest absolute Gasteiger partial charge is 0.416 e. The molecule has 0 bridgehead atoms. The van der Waals surface area contributed by atoms with Crippen LogP contribution in [0.3, 0.4) is 0 Å². The molecule has 0 aliphatic heterocycles. The molecule has 0 radical (unpaired) electrons. The van der Waals surface area contributed by atoms with E-state index in [1.165, 1.54) is 13.8 Å². The minimum atomic E-state index is -4.56. The van der Waals surface area contributed by atoms with Crippen LogP contribution >= 0.6 is 0 Å². The summed E-state index contributed by atoms with van der Waals surface area (Å²) in [5.41, 5.74) is 4.56. The Balaban J connectivity index is 3.26. The van der Waals surface area contributed by atoms with Gasteiger partial charge in [-0.3, -0.25) is 0 Å². The fourth-order valence-corrected chi connectivity index (χ4v) is 1.94. The number of hydrogen-bond acceptors (Lipinski definition) is 2. The van der Waals surface area contributed by atoms with E-state index in [0.29, 0.717) is 0 Å². The Bertz CT molecular complexity index is 479. The van der Waals surface area contributed by atoms with Crippen LogP contribution in [0.1, 0.15) is 25.0 Å². The van der Waals surface area contributed by atoms with E-state index in [2.05, 4.69) is 0 Å². The van der Waals surface area contributed by atoms with Gasteiger partial charge in [-0.2, -0.15) is 26.3 Å². The van der Waals surface area contributed by atoms with E-state index in [4.69, 9.17) is 5.73 Å². The molecule has 0 amide bonds. The molecule has 0 atom stereocenters. The van der Waals surface area contributed by atoms with E-state index in [9.17, 15) is 26.3 Å². The Morgan fingerprint density at radius 1 is 1.10 bits per heavy atom. The molecule has 0 saturated heterocycles. The molecule has 120 valence electrons. The average Bonchev–Trinajstić information content (AvgIpc) is 2.32. The molecule has 2 N–H and O–H groups in total. The van der Waals surface area contributed by atoms with E-state index >= 15 is 0 Å². The van der Waals surface area contributed by atoms with E-state index in [-0.39, 0.29) is 17.8 Å². The molecule has 1 aromatic carbocycles. The van der Waals surface area contributed by atoms with Gasteiger partial charge in [0.05, 0.1) is 5.56 Å². The summed E-state index contributed by atoms with van der Waals surface area (Å²) in [6.07, 6.45) is -9.02. The summed E-state index contributed by atoms with van der Waals surface area (Å²) in [6.45, 7) is 1.54. The zero-order valence-electron chi connectivity index (χ0n) is 11.5. The maximum absolute atomic E-state index is 12.6. The molecule has 0 unspecified atom stereocenters. The molecule has 1 rings (SSSR count). The summed E-state index contributed by atoms with van der Waals surface area (Å²) < 4.78 is 75.7. The zero-order chi connectivity index (χ0) is 16.4. The number of nitrogens with zero attached hydrogens (tertiary/aromatic N) is 1. The number of nitrogens with two attached hydrogens (primary N) is 1. The molecule has 0 spiro atoms. The van der Waals surface area contributed by atoms with Gasteiger partial charge in [0.25, 0.3) is 0 Å². The second-order valence-corrected chi connectivity index (χ2v) is 4.88. The Morgan fingerprint density at radius 2 is 1.67 bits per heavy atom. The van der Waals surface area contributed by atoms with E-state index < -0.39 is 30.5 Å². The minimum absolute atomic E-state index is 0.0303. The lowest BCUT2D eigenvalue weighted by atomic mass is 10.1. The van der Waals surface area contributed by atoms with E-state index in [0.717, 1.165) is 23.1 Å². The highest BCUT2D eigenvalue weighted by molar-refractivity contribution is 5.56. The van der Waals surface area contributed by atoms with Crippen LogP contribution in [0.2, 0.25) is 0 Å². The lowest BCUT2D eigenvalue weighted by molar-refractivity contribution is -0.137. The molecular weight excluding hydrogens is 298 g/mol. The van der Waals surface area contributed by atoms with Gasteiger partial charge in [0.2, 0.25) is 0 Å². The van der Waals surface area contributed by atoms with Crippen LogP contribution < -0.4 is 10.6 Å². The minimum Gasteiger partial charge on any atom is -0.360 e. The van der Waals surface area contributed by atoms with Crippen molar-refractivity contribution < 1.29 is 26.3 Å². The van der Waals surface area contributed by atoms with Crippen molar-refractivity contribution in [3.63, 3.8) is 0 Å². The summed E-state index contributed by atoms with van der Waals surface area (Å²) in [6, 6.07) is 2.06. The Labute approximate surface area is 118 Å². The van der Waals surface area contributed by atoms with Gasteiger partial charge in [-0.1, -0.05) is 0 Å². The van der Waals surface area contributed by atoms with Crippen LogP contribution in [-0.2, 0) is 12.7 Å². The highest BCUT2D eigenvalue weighted by Crippen LogP contribution is 2.34. The smallest absolute Gasteiger partial charge is 0.360 e. The SMILES string of the molecule is CC(C)N(CC(F)(F)F)c1ccc(C(F)(F)F)cc1CN. The molecule has 0 aliphatic carbocycles. The summed E-state index contributed by atoms with van der Waals surface area (Å²) >= 11 is 0. The first-order chi connectivity index (χ1) is 9.45. The van der Waals surface area contributed by atoms with Gasteiger partial charge >= 0.3 is 12.4 Å². The number of alkyl halides is 6. The monoisotopic (exact) mass is 314 g/mol. The molecule has 0 fully saturated rings. The number of anilines is 1. The van der Waals surface area contributed by atoms with Crippen molar-refractivity contribution in [1.29, 1.82) is 0 Å². The van der Waals surface area contributed by atoms with Crippen molar-refractivity contribution in [2.75, 3.05) is 11.4 Å². The molecule has 0 aromatic heterocycles. The van der Waals surface area contributed by atoms with Gasteiger partial charge in [0, 0.05) is 18.3 Å². The van der Waals surface area contributed by atoms with Crippen LogP contribution in [0.5, 0.6) is 0 Å². The van der Waals surface area contributed by atoms with Crippen LogP contribution in [0, 0.1) is 0 Å². The van der Waals surface area contributed by atoms with Gasteiger partial charge < -0.3 is 10.6 Å². The maximum atomic E-state index is 12.6. The second-order valence-electron chi connectivity index (χ2n) is 4.88. The fraction of sp³-hybridized carbons (Fsp3) is 0.538. The lowest BCUT2D eigenvalue weighted by Crippen LogP contribution is -2.39. The van der Waals surface area contributed by atoms with Crippen molar-refractivity contribution in [3.8, 4) is 0 Å². The number of halogens is 6. The third-order valence-electron chi connectivity index (χ3n) is 2.91. The predicted octanol–water partition coefficient (Wildman–Crippen LogP) is 3.94. The first-order valence-electron chi connectivity index (χ1n) is 6.19. The standard InChI is InChI=1S/C13H16F6N2/c1-8(2)21(7-12(14,15)16)11-4-3-10(13(17,18)19)5-9(11)6-20/h3-5,8H,6-7,20H2,1-2H3. The average molecular weight is 314 g/mol. The molecule has 0 saturated carbocycles. The third-order valence-corrected chi connectivity index (χ3v) is 2.91. The van der Waals surface area contributed by atoms with Crippen molar-refractivity contribution in [1.82, 2.24) is 0 Å². The van der Waals surface area contributed by atoms with Gasteiger partial charge in [-0.25, -0.2) is 0 Å². The molecule has 1 aromatic rings. The second kappa shape index (κ2) is 6.13. The number of rotatable bonds is 4. The van der Waals surface area contributed by atoms with E-state index in [1.807, 2.05) is 0 Å². The number of hydrogen-bond donors (Lipinski definition) is 1. The third kappa shape index (κ3) is 4.80. The normalized spacial score (nSPS) is 12.9. The van der Waals surface area contributed by atoms with Crippen LogP contribution in [0.4, 0.5) is 32.0 Å².